The maximum Gasteiger partial charge on any atom is 0.307 e. The van der Waals surface area contributed by atoms with Crippen LogP contribution in [0.4, 0.5) is 11.5 Å². The Hall–Kier alpha value is -1.78. The first-order valence-electron chi connectivity index (χ1n) is 6.81. The van der Waals surface area contributed by atoms with Crippen molar-refractivity contribution in [3.05, 3.63) is 18.3 Å². The Morgan fingerprint density at radius 3 is 2.58 bits per heavy atom. The summed E-state index contributed by atoms with van der Waals surface area (Å²) in [6, 6.07) is 3.96. The molecule has 1 rings (SSSR count). The smallest absolute Gasteiger partial charge is 0.307 e. The summed E-state index contributed by atoms with van der Waals surface area (Å²) in [4.78, 5) is 17.8. The Labute approximate surface area is 115 Å². The molecule has 19 heavy (non-hydrogen) atoms. The molecule has 0 unspecified atom stereocenters. The van der Waals surface area contributed by atoms with Crippen LogP contribution in [-0.4, -0.2) is 37.2 Å². The van der Waals surface area contributed by atoms with Gasteiger partial charge in [-0.1, -0.05) is 0 Å². The van der Waals surface area contributed by atoms with E-state index >= 15 is 0 Å². The second-order valence-electron chi connectivity index (χ2n) is 4.06. The Morgan fingerprint density at radius 2 is 2.05 bits per heavy atom. The average Bonchev–Trinajstić information content (AvgIpc) is 2.42. The summed E-state index contributed by atoms with van der Waals surface area (Å²) in [7, 11) is 0. The van der Waals surface area contributed by atoms with E-state index in [0.717, 1.165) is 24.6 Å². The van der Waals surface area contributed by atoms with Crippen molar-refractivity contribution in [1.82, 2.24) is 4.98 Å². The van der Waals surface area contributed by atoms with Gasteiger partial charge in [-0.3, -0.25) is 4.79 Å². The van der Waals surface area contributed by atoms with E-state index in [2.05, 4.69) is 29.0 Å². The van der Waals surface area contributed by atoms with E-state index in [1.165, 1.54) is 0 Å². The van der Waals surface area contributed by atoms with Gasteiger partial charge in [0.2, 0.25) is 0 Å². The molecule has 0 aliphatic heterocycles. The highest BCUT2D eigenvalue weighted by Crippen LogP contribution is 2.13. The van der Waals surface area contributed by atoms with E-state index in [9.17, 15) is 4.79 Å². The SMILES string of the molecule is CCOC(=O)CCNc1ccc(N(CC)CC)nc1. The molecular formula is C14H23N3O2. The lowest BCUT2D eigenvalue weighted by Gasteiger charge is -2.19. The van der Waals surface area contributed by atoms with Gasteiger partial charge in [0.05, 0.1) is 24.9 Å². The van der Waals surface area contributed by atoms with Crippen molar-refractivity contribution in [3.8, 4) is 0 Å². The van der Waals surface area contributed by atoms with E-state index in [-0.39, 0.29) is 5.97 Å². The van der Waals surface area contributed by atoms with Crippen molar-refractivity contribution in [2.24, 2.45) is 0 Å². The van der Waals surface area contributed by atoms with E-state index in [1.54, 1.807) is 13.1 Å². The fraction of sp³-hybridized carbons (Fsp3) is 0.571. The second-order valence-corrected chi connectivity index (χ2v) is 4.06. The number of nitrogens with zero attached hydrogens (tertiary/aromatic N) is 2. The van der Waals surface area contributed by atoms with Crippen molar-refractivity contribution >= 4 is 17.5 Å². The number of nitrogens with one attached hydrogen (secondary N) is 1. The van der Waals surface area contributed by atoms with Crippen LogP contribution >= 0.6 is 0 Å². The third-order valence-electron chi connectivity index (χ3n) is 2.80. The highest BCUT2D eigenvalue weighted by Gasteiger charge is 2.04. The summed E-state index contributed by atoms with van der Waals surface area (Å²) in [6.45, 7) is 8.90. The summed E-state index contributed by atoms with van der Waals surface area (Å²) in [6.07, 6.45) is 2.16. The number of hydrogen-bond acceptors (Lipinski definition) is 5. The maximum absolute atomic E-state index is 11.2. The van der Waals surface area contributed by atoms with Gasteiger partial charge in [-0.05, 0) is 32.9 Å². The van der Waals surface area contributed by atoms with Crippen molar-refractivity contribution in [2.45, 2.75) is 27.2 Å². The first-order valence-corrected chi connectivity index (χ1v) is 6.81. The lowest BCUT2D eigenvalue weighted by molar-refractivity contribution is -0.142. The van der Waals surface area contributed by atoms with Crippen LogP contribution in [-0.2, 0) is 9.53 Å². The van der Waals surface area contributed by atoms with Crippen molar-refractivity contribution in [3.63, 3.8) is 0 Å². The Kier molecular flexibility index (Phi) is 6.71. The fourth-order valence-electron chi connectivity index (χ4n) is 1.77. The number of carbonyl (C=O) groups is 1. The summed E-state index contributed by atoms with van der Waals surface area (Å²) in [5, 5.41) is 3.15. The Bertz CT molecular complexity index is 375. The maximum atomic E-state index is 11.2. The number of pyridine rings is 1. The number of hydrogen-bond donors (Lipinski definition) is 1. The minimum Gasteiger partial charge on any atom is -0.466 e. The Balaban J connectivity index is 2.42. The first kappa shape index (κ1) is 15.3. The third-order valence-corrected chi connectivity index (χ3v) is 2.80. The van der Waals surface area contributed by atoms with Gasteiger partial charge in [-0.2, -0.15) is 0 Å². The van der Waals surface area contributed by atoms with Gasteiger partial charge in [-0.25, -0.2) is 4.98 Å². The molecule has 0 bridgehead atoms. The van der Waals surface area contributed by atoms with Gasteiger partial charge >= 0.3 is 5.97 Å². The van der Waals surface area contributed by atoms with Crippen LogP contribution in [0.1, 0.15) is 27.2 Å². The van der Waals surface area contributed by atoms with Gasteiger partial charge in [0.25, 0.3) is 0 Å². The van der Waals surface area contributed by atoms with E-state index in [1.807, 2.05) is 12.1 Å². The van der Waals surface area contributed by atoms with Crippen LogP contribution < -0.4 is 10.2 Å². The van der Waals surface area contributed by atoms with Gasteiger partial charge in [0.15, 0.2) is 0 Å². The van der Waals surface area contributed by atoms with Crippen LogP contribution in [0.15, 0.2) is 18.3 Å². The lowest BCUT2D eigenvalue weighted by atomic mass is 10.3. The molecule has 0 atom stereocenters. The first-order chi connectivity index (χ1) is 9.21. The van der Waals surface area contributed by atoms with Crippen LogP contribution in [0, 0.1) is 0 Å². The van der Waals surface area contributed by atoms with Crippen LogP contribution in [0.5, 0.6) is 0 Å². The summed E-state index contributed by atoms with van der Waals surface area (Å²) < 4.78 is 4.86. The second kappa shape index (κ2) is 8.34. The predicted molar refractivity (Wildman–Crippen MR) is 77.5 cm³/mol. The topological polar surface area (TPSA) is 54.5 Å². The molecule has 5 nitrogen and oxygen atoms in total. The standard InChI is InChI=1S/C14H23N3O2/c1-4-17(5-2)13-8-7-12(11-16-13)15-10-9-14(18)19-6-3/h7-8,11,15H,4-6,9-10H2,1-3H3. The lowest BCUT2D eigenvalue weighted by Crippen LogP contribution is -2.22. The van der Waals surface area contributed by atoms with Crippen LogP contribution in [0.2, 0.25) is 0 Å². The van der Waals surface area contributed by atoms with Crippen molar-refractivity contribution in [2.75, 3.05) is 36.5 Å². The van der Waals surface area contributed by atoms with E-state index in [4.69, 9.17) is 4.74 Å². The van der Waals surface area contributed by atoms with Gasteiger partial charge in [0, 0.05) is 19.6 Å². The van der Waals surface area contributed by atoms with Crippen molar-refractivity contribution in [1.29, 1.82) is 0 Å². The average molecular weight is 265 g/mol. The molecule has 106 valence electrons. The number of anilines is 2. The zero-order valence-electron chi connectivity index (χ0n) is 12.0. The third kappa shape index (κ3) is 5.16. The molecule has 1 aromatic heterocycles. The number of rotatable bonds is 8. The quantitative estimate of drug-likeness (QED) is 0.731. The van der Waals surface area contributed by atoms with Crippen LogP contribution in [0.3, 0.4) is 0 Å². The molecule has 1 aromatic rings. The minimum absolute atomic E-state index is 0.178. The summed E-state index contributed by atoms with van der Waals surface area (Å²) in [5.41, 5.74) is 0.917. The molecular weight excluding hydrogens is 242 g/mol. The number of aromatic nitrogens is 1. The van der Waals surface area contributed by atoms with Gasteiger partial charge < -0.3 is 15.0 Å². The molecule has 1 heterocycles. The molecule has 5 heteroatoms. The fourth-order valence-corrected chi connectivity index (χ4v) is 1.77. The van der Waals surface area contributed by atoms with Crippen LogP contribution in [0.25, 0.3) is 0 Å². The number of carbonyl (C=O) groups excluding carboxylic acids is 1. The Morgan fingerprint density at radius 1 is 1.32 bits per heavy atom. The molecule has 0 radical (unpaired) electrons. The molecule has 0 saturated heterocycles. The normalized spacial score (nSPS) is 10.1. The van der Waals surface area contributed by atoms with E-state index < -0.39 is 0 Å². The summed E-state index contributed by atoms with van der Waals surface area (Å²) in [5.74, 6) is 0.795. The monoisotopic (exact) mass is 265 g/mol. The molecule has 0 aromatic carbocycles. The van der Waals surface area contributed by atoms with E-state index in [0.29, 0.717) is 19.6 Å². The predicted octanol–water partition coefficient (Wildman–Crippen LogP) is 2.29. The highest BCUT2D eigenvalue weighted by molar-refractivity contribution is 5.70. The number of ether oxygens (including phenoxy) is 1. The summed E-state index contributed by atoms with van der Waals surface area (Å²) >= 11 is 0. The molecule has 0 spiro atoms. The zero-order valence-corrected chi connectivity index (χ0v) is 12.0. The highest BCUT2D eigenvalue weighted by atomic mass is 16.5. The molecule has 0 saturated carbocycles. The largest absolute Gasteiger partial charge is 0.466 e. The van der Waals surface area contributed by atoms with Gasteiger partial charge in [0.1, 0.15) is 5.82 Å². The van der Waals surface area contributed by atoms with Gasteiger partial charge in [-0.15, -0.1) is 0 Å². The minimum atomic E-state index is -0.178. The molecule has 0 fully saturated rings. The molecule has 0 aliphatic rings. The molecule has 0 aliphatic carbocycles. The molecule has 1 N–H and O–H groups in total. The van der Waals surface area contributed by atoms with Crippen molar-refractivity contribution < 1.29 is 9.53 Å². The zero-order chi connectivity index (χ0) is 14.1. The number of esters is 1. The molecule has 0 amide bonds.